The van der Waals surface area contributed by atoms with Gasteiger partial charge in [0, 0.05) is 24.7 Å². The third-order valence-electron chi connectivity index (χ3n) is 3.71. The maximum Gasteiger partial charge on any atom is 0.321 e. The van der Waals surface area contributed by atoms with E-state index in [1.54, 1.807) is 14.0 Å². The highest BCUT2D eigenvalue weighted by molar-refractivity contribution is 5.89. The largest absolute Gasteiger partial charge is 0.396 e. The van der Waals surface area contributed by atoms with Crippen LogP contribution in [-0.2, 0) is 6.42 Å². The molecule has 1 aromatic rings. The molecule has 0 atom stereocenters. The van der Waals surface area contributed by atoms with Crippen molar-refractivity contribution in [3.05, 3.63) is 29.3 Å². The Balaban J connectivity index is 2.72. The van der Waals surface area contributed by atoms with E-state index >= 15 is 0 Å². The van der Waals surface area contributed by atoms with E-state index in [9.17, 15) is 15.0 Å². The van der Waals surface area contributed by atoms with Gasteiger partial charge in [-0.1, -0.05) is 19.9 Å². The number of anilines is 1. The number of urea groups is 1. The summed E-state index contributed by atoms with van der Waals surface area (Å²) >= 11 is 0. The molecular formula is C16H26N2O3. The third-order valence-corrected chi connectivity index (χ3v) is 3.71. The van der Waals surface area contributed by atoms with Crippen LogP contribution in [0.15, 0.2) is 18.2 Å². The molecule has 0 bridgehead atoms. The van der Waals surface area contributed by atoms with E-state index in [-0.39, 0.29) is 25.8 Å². The Hall–Kier alpha value is -1.59. The number of nitrogens with one attached hydrogen (secondary N) is 1. The number of hydrogen-bond acceptors (Lipinski definition) is 3. The zero-order valence-electron chi connectivity index (χ0n) is 13.3. The van der Waals surface area contributed by atoms with Gasteiger partial charge in [0.25, 0.3) is 0 Å². The molecular weight excluding hydrogens is 268 g/mol. The Labute approximate surface area is 126 Å². The zero-order valence-corrected chi connectivity index (χ0v) is 13.3. The van der Waals surface area contributed by atoms with Gasteiger partial charge in [0.15, 0.2) is 0 Å². The van der Waals surface area contributed by atoms with Crippen LogP contribution in [0.4, 0.5) is 10.5 Å². The second kappa shape index (κ2) is 7.43. The van der Waals surface area contributed by atoms with E-state index in [0.29, 0.717) is 0 Å². The summed E-state index contributed by atoms with van der Waals surface area (Å²) in [6.07, 6.45) is 0.915. The molecule has 0 heterocycles. The molecule has 2 amide bonds. The minimum atomic E-state index is -0.700. The zero-order chi connectivity index (χ0) is 16.0. The Bertz CT molecular complexity index is 484. The van der Waals surface area contributed by atoms with E-state index in [1.807, 2.05) is 25.1 Å². The summed E-state index contributed by atoms with van der Waals surface area (Å²) in [6.45, 7) is 5.78. The van der Waals surface area contributed by atoms with Crippen LogP contribution in [0.5, 0.6) is 0 Å². The Morgan fingerprint density at radius 2 is 1.95 bits per heavy atom. The number of nitrogens with zero attached hydrogens (tertiary/aromatic N) is 1. The SMILES string of the molecule is CCc1cc(NC(=O)N(C)CC(C)(CO)CO)ccc1C. The number of rotatable bonds is 6. The first-order valence-corrected chi connectivity index (χ1v) is 7.18. The van der Waals surface area contributed by atoms with Crippen molar-refractivity contribution in [3.63, 3.8) is 0 Å². The third kappa shape index (κ3) is 4.72. The number of aryl methyl sites for hydroxylation is 2. The van der Waals surface area contributed by atoms with Crippen LogP contribution in [-0.4, -0.2) is 48.0 Å². The van der Waals surface area contributed by atoms with Gasteiger partial charge >= 0.3 is 6.03 Å². The topological polar surface area (TPSA) is 72.8 Å². The molecule has 0 fully saturated rings. The molecule has 0 aliphatic heterocycles. The number of aliphatic hydroxyl groups is 2. The highest BCUT2D eigenvalue weighted by atomic mass is 16.3. The van der Waals surface area contributed by atoms with Crippen LogP contribution in [0.1, 0.15) is 25.0 Å². The number of carbonyl (C=O) groups is 1. The van der Waals surface area contributed by atoms with E-state index in [1.165, 1.54) is 16.0 Å². The molecule has 0 unspecified atom stereocenters. The molecule has 1 rings (SSSR count). The van der Waals surface area contributed by atoms with Gasteiger partial charge < -0.3 is 20.4 Å². The smallest absolute Gasteiger partial charge is 0.321 e. The van der Waals surface area contributed by atoms with Crippen molar-refractivity contribution in [2.45, 2.75) is 27.2 Å². The summed E-state index contributed by atoms with van der Waals surface area (Å²) in [7, 11) is 1.65. The molecule has 0 saturated heterocycles. The minimum Gasteiger partial charge on any atom is -0.396 e. The number of carbonyl (C=O) groups excluding carboxylic acids is 1. The van der Waals surface area contributed by atoms with Crippen LogP contribution >= 0.6 is 0 Å². The van der Waals surface area contributed by atoms with Gasteiger partial charge in [-0.15, -0.1) is 0 Å². The number of hydrogen-bond donors (Lipinski definition) is 3. The van der Waals surface area contributed by atoms with Crippen LogP contribution in [0, 0.1) is 12.3 Å². The first kappa shape index (κ1) is 17.5. The lowest BCUT2D eigenvalue weighted by Gasteiger charge is -2.30. The predicted molar refractivity (Wildman–Crippen MR) is 84.5 cm³/mol. The first-order valence-electron chi connectivity index (χ1n) is 7.18. The molecule has 3 N–H and O–H groups in total. The maximum atomic E-state index is 12.2. The highest BCUT2D eigenvalue weighted by Gasteiger charge is 2.26. The van der Waals surface area contributed by atoms with Crippen molar-refractivity contribution in [1.29, 1.82) is 0 Å². The molecule has 5 heteroatoms. The van der Waals surface area contributed by atoms with Crippen molar-refractivity contribution in [2.24, 2.45) is 5.41 Å². The van der Waals surface area contributed by atoms with Crippen molar-refractivity contribution in [1.82, 2.24) is 4.90 Å². The summed E-state index contributed by atoms with van der Waals surface area (Å²) in [6, 6.07) is 5.57. The quantitative estimate of drug-likeness (QED) is 0.751. The van der Waals surface area contributed by atoms with E-state index in [0.717, 1.165) is 12.1 Å². The van der Waals surface area contributed by atoms with E-state index in [2.05, 4.69) is 12.2 Å². The maximum absolute atomic E-state index is 12.2. The van der Waals surface area contributed by atoms with E-state index in [4.69, 9.17) is 0 Å². The lowest BCUT2D eigenvalue weighted by Crippen LogP contribution is -2.43. The normalized spacial score (nSPS) is 11.3. The van der Waals surface area contributed by atoms with Crippen molar-refractivity contribution >= 4 is 11.7 Å². The lowest BCUT2D eigenvalue weighted by molar-refractivity contribution is 0.0509. The van der Waals surface area contributed by atoms with Crippen LogP contribution in [0.25, 0.3) is 0 Å². The summed E-state index contributed by atoms with van der Waals surface area (Å²) in [4.78, 5) is 13.6. The molecule has 0 aliphatic carbocycles. The molecule has 118 valence electrons. The summed E-state index contributed by atoms with van der Waals surface area (Å²) in [5.41, 5.74) is 2.46. The standard InChI is InChI=1S/C16H26N2O3/c1-5-13-8-14(7-6-12(13)2)17-15(21)18(4)9-16(3,10-19)11-20/h6-8,19-20H,5,9-11H2,1-4H3,(H,17,21). The van der Waals surface area contributed by atoms with Gasteiger partial charge in [-0.2, -0.15) is 0 Å². The van der Waals surface area contributed by atoms with Gasteiger partial charge in [-0.05, 0) is 36.6 Å². The summed E-state index contributed by atoms with van der Waals surface area (Å²) < 4.78 is 0. The molecule has 0 radical (unpaired) electrons. The van der Waals surface area contributed by atoms with Gasteiger partial charge in [-0.3, -0.25) is 0 Å². The average Bonchev–Trinajstić information content (AvgIpc) is 2.48. The molecule has 0 spiro atoms. The van der Waals surface area contributed by atoms with Crippen LogP contribution < -0.4 is 5.32 Å². The highest BCUT2D eigenvalue weighted by Crippen LogP contribution is 2.18. The first-order chi connectivity index (χ1) is 9.85. The van der Waals surface area contributed by atoms with Crippen molar-refractivity contribution < 1.29 is 15.0 Å². The fourth-order valence-corrected chi connectivity index (χ4v) is 2.14. The molecule has 0 aromatic heterocycles. The van der Waals surface area contributed by atoms with Crippen LogP contribution in [0.2, 0.25) is 0 Å². The van der Waals surface area contributed by atoms with Gasteiger partial charge in [0.1, 0.15) is 0 Å². The Kier molecular flexibility index (Phi) is 6.18. The number of amides is 2. The predicted octanol–water partition coefficient (Wildman–Crippen LogP) is 2.01. The Morgan fingerprint density at radius 1 is 1.33 bits per heavy atom. The Morgan fingerprint density at radius 3 is 2.48 bits per heavy atom. The van der Waals surface area contributed by atoms with Gasteiger partial charge in [0.2, 0.25) is 0 Å². The average molecular weight is 294 g/mol. The van der Waals surface area contributed by atoms with Crippen LogP contribution in [0.3, 0.4) is 0 Å². The van der Waals surface area contributed by atoms with Crippen molar-refractivity contribution in [3.8, 4) is 0 Å². The van der Waals surface area contributed by atoms with E-state index < -0.39 is 5.41 Å². The molecule has 0 saturated carbocycles. The summed E-state index contributed by atoms with van der Waals surface area (Å²) in [5.74, 6) is 0. The second-order valence-electron chi connectivity index (χ2n) is 5.91. The summed E-state index contributed by atoms with van der Waals surface area (Å²) in [5, 5.41) is 21.4. The fraction of sp³-hybridized carbons (Fsp3) is 0.562. The number of benzene rings is 1. The second-order valence-corrected chi connectivity index (χ2v) is 5.91. The van der Waals surface area contributed by atoms with Gasteiger partial charge in [-0.25, -0.2) is 4.79 Å². The lowest BCUT2D eigenvalue weighted by atomic mass is 9.92. The monoisotopic (exact) mass is 294 g/mol. The molecule has 5 nitrogen and oxygen atoms in total. The molecule has 1 aromatic carbocycles. The van der Waals surface area contributed by atoms with Gasteiger partial charge in [0.05, 0.1) is 13.2 Å². The van der Waals surface area contributed by atoms with Crippen molar-refractivity contribution in [2.75, 3.05) is 32.1 Å². The number of aliphatic hydroxyl groups excluding tert-OH is 2. The molecule has 21 heavy (non-hydrogen) atoms. The molecule has 0 aliphatic rings. The minimum absolute atomic E-state index is 0.175. The fourth-order valence-electron chi connectivity index (χ4n) is 2.14.